The van der Waals surface area contributed by atoms with Crippen LogP contribution < -0.4 is 0 Å². The maximum atomic E-state index is 11.0. The van der Waals surface area contributed by atoms with Crippen LogP contribution in [0.4, 0.5) is 0 Å². The zero-order valence-electron chi connectivity index (χ0n) is 7.73. The Bertz CT molecular complexity index is 168. The van der Waals surface area contributed by atoms with E-state index in [2.05, 4.69) is 0 Å². The van der Waals surface area contributed by atoms with Crippen LogP contribution in [0, 0.1) is 0 Å². The highest BCUT2D eigenvalue weighted by atomic mass is 16.5. The highest BCUT2D eigenvalue weighted by Crippen LogP contribution is 2.10. The van der Waals surface area contributed by atoms with Crippen LogP contribution in [-0.4, -0.2) is 12.4 Å². The molecule has 11 heavy (non-hydrogen) atoms. The molecule has 0 amide bonds. The number of rotatable bonds is 4. The van der Waals surface area contributed by atoms with Gasteiger partial charge in [-0.3, -0.25) is 4.79 Å². The predicted octanol–water partition coefficient (Wildman–Crippen LogP) is 2.30. The van der Waals surface area contributed by atoms with Crippen molar-refractivity contribution < 1.29 is 9.53 Å². The van der Waals surface area contributed by atoms with E-state index in [9.17, 15) is 4.79 Å². The zero-order chi connectivity index (χ0) is 8.85. The summed E-state index contributed by atoms with van der Waals surface area (Å²) in [6.45, 7) is 7.91. The molecule has 2 nitrogen and oxygen atoms in total. The van der Waals surface area contributed by atoms with Crippen molar-refractivity contribution in [3.05, 3.63) is 11.3 Å². The van der Waals surface area contributed by atoms with Gasteiger partial charge in [0.25, 0.3) is 0 Å². The van der Waals surface area contributed by atoms with Crippen LogP contribution in [0.5, 0.6) is 0 Å². The van der Waals surface area contributed by atoms with E-state index in [1.165, 1.54) is 0 Å². The fourth-order valence-electron chi connectivity index (χ4n) is 1.05. The Morgan fingerprint density at radius 2 is 1.82 bits per heavy atom. The molecule has 0 rings (SSSR count). The van der Waals surface area contributed by atoms with E-state index in [1.807, 2.05) is 20.8 Å². The molecule has 0 fully saturated rings. The van der Waals surface area contributed by atoms with Gasteiger partial charge >= 0.3 is 0 Å². The molecule has 0 unspecified atom stereocenters. The SMILES string of the molecule is CCOC(C)=C(CC)C(C)=O. The quantitative estimate of drug-likeness (QED) is 0.461. The van der Waals surface area contributed by atoms with Gasteiger partial charge in [0.05, 0.1) is 12.4 Å². The molecular weight excluding hydrogens is 140 g/mol. The molecule has 0 radical (unpaired) electrons. The Hall–Kier alpha value is -0.790. The van der Waals surface area contributed by atoms with Gasteiger partial charge in [-0.05, 0) is 27.2 Å². The monoisotopic (exact) mass is 156 g/mol. The second kappa shape index (κ2) is 4.94. The van der Waals surface area contributed by atoms with Gasteiger partial charge in [0.2, 0.25) is 0 Å². The second-order valence-corrected chi connectivity index (χ2v) is 2.38. The van der Waals surface area contributed by atoms with Crippen LogP contribution in [0.1, 0.15) is 34.1 Å². The molecule has 0 aliphatic rings. The predicted molar refractivity (Wildman–Crippen MR) is 45.3 cm³/mol. The van der Waals surface area contributed by atoms with Crippen molar-refractivity contribution >= 4 is 5.78 Å². The van der Waals surface area contributed by atoms with Crippen molar-refractivity contribution in [1.29, 1.82) is 0 Å². The highest BCUT2D eigenvalue weighted by molar-refractivity contribution is 5.93. The second-order valence-electron chi connectivity index (χ2n) is 2.38. The van der Waals surface area contributed by atoms with Crippen molar-refractivity contribution in [1.82, 2.24) is 0 Å². The average Bonchev–Trinajstić information content (AvgIpc) is 1.88. The lowest BCUT2D eigenvalue weighted by atomic mass is 10.1. The van der Waals surface area contributed by atoms with E-state index in [1.54, 1.807) is 6.92 Å². The van der Waals surface area contributed by atoms with Crippen LogP contribution in [0.3, 0.4) is 0 Å². The third kappa shape index (κ3) is 3.21. The number of carbonyl (C=O) groups excluding carboxylic acids is 1. The van der Waals surface area contributed by atoms with E-state index in [-0.39, 0.29) is 5.78 Å². The molecule has 0 spiro atoms. The Balaban J connectivity index is 4.40. The summed E-state index contributed by atoms with van der Waals surface area (Å²) in [5.41, 5.74) is 0.798. The number of hydrogen-bond donors (Lipinski definition) is 0. The van der Waals surface area contributed by atoms with Gasteiger partial charge in [-0.15, -0.1) is 0 Å². The topological polar surface area (TPSA) is 26.3 Å². The molecule has 0 saturated carbocycles. The van der Waals surface area contributed by atoms with E-state index < -0.39 is 0 Å². The summed E-state index contributed by atoms with van der Waals surface area (Å²) >= 11 is 0. The Morgan fingerprint density at radius 1 is 1.27 bits per heavy atom. The van der Waals surface area contributed by atoms with E-state index >= 15 is 0 Å². The van der Waals surface area contributed by atoms with Crippen LogP contribution in [0.2, 0.25) is 0 Å². The molecule has 0 aliphatic heterocycles. The molecule has 0 aromatic carbocycles. The van der Waals surface area contributed by atoms with Crippen LogP contribution in [0.25, 0.3) is 0 Å². The number of allylic oxidation sites excluding steroid dienone is 2. The van der Waals surface area contributed by atoms with Gasteiger partial charge < -0.3 is 4.74 Å². The fourth-order valence-corrected chi connectivity index (χ4v) is 1.05. The lowest BCUT2D eigenvalue weighted by molar-refractivity contribution is -0.113. The van der Waals surface area contributed by atoms with E-state index in [4.69, 9.17) is 4.74 Å². The summed E-state index contributed by atoms with van der Waals surface area (Å²) in [6.07, 6.45) is 0.751. The lowest BCUT2D eigenvalue weighted by Crippen LogP contribution is -2.01. The first-order valence-electron chi connectivity index (χ1n) is 3.96. The molecule has 0 aromatic rings. The van der Waals surface area contributed by atoms with Crippen molar-refractivity contribution in [3.63, 3.8) is 0 Å². The van der Waals surface area contributed by atoms with Gasteiger partial charge in [0.15, 0.2) is 5.78 Å². The van der Waals surface area contributed by atoms with Crippen LogP contribution in [-0.2, 0) is 9.53 Å². The van der Waals surface area contributed by atoms with Gasteiger partial charge in [0.1, 0.15) is 0 Å². The van der Waals surface area contributed by atoms with Crippen molar-refractivity contribution in [2.24, 2.45) is 0 Å². The first-order chi connectivity index (χ1) is 5.13. The fraction of sp³-hybridized carbons (Fsp3) is 0.667. The maximum absolute atomic E-state index is 11.0. The number of hydrogen-bond acceptors (Lipinski definition) is 2. The molecule has 2 heteroatoms. The van der Waals surface area contributed by atoms with E-state index in [0.717, 1.165) is 17.8 Å². The van der Waals surface area contributed by atoms with Gasteiger partial charge in [-0.25, -0.2) is 0 Å². The number of ether oxygens (including phenoxy) is 1. The minimum absolute atomic E-state index is 0.110. The maximum Gasteiger partial charge on any atom is 0.159 e. The first-order valence-corrected chi connectivity index (χ1v) is 3.96. The summed E-state index contributed by atoms with van der Waals surface area (Å²) in [5.74, 6) is 0.876. The normalized spacial score (nSPS) is 12.4. The van der Waals surface area contributed by atoms with Crippen molar-refractivity contribution in [3.8, 4) is 0 Å². The summed E-state index contributed by atoms with van der Waals surface area (Å²) in [7, 11) is 0. The van der Waals surface area contributed by atoms with Gasteiger partial charge in [-0.2, -0.15) is 0 Å². The van der Waals surface area contributed by atoms with Crippen molar-refractivity contribution in [2.75, 3.05) is 6.61 Å². The Labute approximate surface area is 68.2 Å². The smallest absolute Gasteiger partial charge is 0.159 e. The number of Topliss-reactive ketones (excluding diaryl/α,β-unsaturated/α-hetero) is 1. The first kappa shape index (κ1) is 10.2. The van der Waals surface area contributed by atoms with Gasteiger partial charge in [-0.1, -0.05) is 6.92 Å². The molecule has 0 aromatic heterocycles. The summed E-state index contributed by atoms with van der Waals surface area (Å²) in [5, 5.41) is 0. The van der Waals surface area contributed by atoms with Crippen LogP contribution >= 0.6 is 0 Å². The summed E-state index contributed by atoms with van der Waals surface area (Å²) in [6, 6.07) is 0. The zero-order valence-corrected chi connectivity index (χ0v) is 7.73. The molecular formula is C9H16O2. The highest BCUT2D eigenvalue weighted by Gasteiger charge is 2.05. The molecule has 0 saturated heterocycles. The average molecular weight is 156 g/mol. The Kier molecular flexibility index (Phi) is 4.59. The number of carbonyl (C=O) groups is 1. The minimum Gasteiger partial charge on any atom is -0.498 e. The standard InChI is InChI=1S/C9H16O2/c1-5-9(7(3)10)8(4)11-6-2/h5-6H2,1-4H3. The molecule has 64 valence electrons. The van der Waals surface area contributed by atoms with Crippen molar-refractivity contribution in [2.45, 2.75) is 34.1 Å². The van der Waals surface area contributed by atoms with Crippen LogP contribution in [0.15, 0.2) is 11.3 Å². The largest absolute Gasteiger partial charge is 0.498 e. The minimum atomic E-state index is 0.110. The summed E-state index contributed by atoms with van der Waals surface area (Å²) < 4.78 is 5.21. The number of ketones is 1. The Morgan fingerprint density at radius 3 is 2.09 bits per heavy atom. The molecule has 0 bridgehead atoms. The van der Waals surface area contributed by atoms with E-state index in [0.29, 0.717) is 6.61 Å². The third-order valence-corrected chi connectivity index (χ3v) is 1.56. The lowest BCUT2D eigenvalue weighted by Gasteiger charge is -2.07. The van der Waals surface area contributed by atoms with Gasteiger partial charge in [0, 0.05) is 5.57 Å². The third-order valence-electron chi connectivity index (χ3n) is 1.56. The molecule has 0 heterocycles. The molecule has 0 atom stereocenters. The summed E-state index contributed by atoms with van der Waals surface area (Å²) in [4.78, 5) is 11.0. The molecule has 0 N–H and O–H groups in total. The molecule has 0 aliphatic carbocycles.